The molecule has 0 unspecified atom stereocenters. The number of fused-ring (bicyclic) bond motifs is 1. The summed E-state index contributed by atoms with van der Waals surface area (Å²) >= 11 is 3.58. The molecule has 0 amide bonds. The average Bonchev–Trinajstić information content (AvgIpc) is 3.24. The fourth-order valence-electron chi connectivity index (χ4n) is 2.62. The molecule has 0 bridgehead atoms. The van der Waals surface area contributed by atoms with Gasteiger partial charge in [-0.3, -0.25) is 4.57 Å². The maximum absolute atomic E-state index is 4.50. The zero-order valence-electron chi connectivity index (χ0n) is 11.6. The maximum Gasteiger partial charge on any atom is 0.100 e. The lowest BCUT2D eigenvalue weighted by Gasteiger charge is -2.13. The van der Waals surface area contributed by atoms with Crippen LogP contribution in [-0.4, -0.2) is 15.6 Å². The van der Waals surface area contributed by atoms with Crippen molar-refractivity contribution in [1.29, 1.82) is 0 Å². The first kappa shape index (κ1) is 13.0. The SMILES string of the molecule is Brc1ccc(-n2cnc3ccccc32)c(CNC2CC2)c1. The van der Waals surface area contributed by atoms with E-state index in [-0.39, 0.29) is 0 Å². The smallest absolute Gasteiger partial charge is 0.100 e. The van der Waals surface area contributed by atoms with Crippen molar-refractivity contribution in [2.75, 3.05) is 0 Å². The summed E-state index contributed by atoms with van der Waals surface area (Å²) in [7, 11) is 0. The summed E-state index contributed by atoms with van der Waals surface area (Å²) in [5, 5.41) is 3.60. The minimum absolute atomic E-state index is 0.705. The summed E-state index contributed by atoms with van der Waals surface area (Å²) in [6.45, 7) is 0.895. The number of rotatable bonds is 4. The molecule has 0 atom stereocenters. The van der Waals surface area contributed by atoms with E-state index in [0.29, 0.717) is 6.04 Å². The molecular weight excluding hydrogens is 326 g/mol. The fourth-order valence-corrected chi connectivity index (χ4v) is 3.03. The van der Waals surface area contributed by atoms with Gasteiger partial charge in [-0.05, 0) is 48.7 Å². The van der Waals surface area contributed by atoms with Crippen molar-refractivity contribution in [3.8, 4) is 5.69 Å². The van der Waals surface area contributed by atoms with Crippen LogP contribution in [0, 0.1) is 0 Å². The van der Waals surface area contributed by atoms with Crippen molar-refractivity contribution in [3.05, 3.63) is 58.8 Å². The molecule has 0 radical (unpaired) electrons. The van der Waals surface area contributed by atoms with Crippen LogP contribution in [0.1, 0.15) is 18.4 Å². The molecule has 1 saturated carbocycles. The Morgan fingerprint density at radius 2 is 2.05 bits per heavy atom. The third kappa shape index (κ3) is 2.61. The third-order valence-corrected chi connectivity index (χ3v) is 4.41. The molecule has 0 aliphatic heterocycles. The largest absolute Gasteiger partial charge is 0.310 e. The number of hydrogen-bond donors (Lipinski definition) is 1. The predicted octanol–water partition coefficient (Wildman–Crippen LogP) is 4.04. The number of nitrogens with zero attached hydrogens (tertiary/aromatic N) is 2. The van der Waals surface area contributed by atoms with Gasteiger partial charge in [0.15, 0.2) is 0 Å². The number of aromatic nitrogens is 2. The molecule has 4 heteroatoms. The molecule has 1 aliphatic rings. The van der Waals surface area contributed by atoms with Crippen LogP contribution in [0.15, 0.2) is 53.3 Å². The number of hydrogen-bond acceptors (Lipinski definition) is 2. The van der Waals surface area contributed by atoms with Gasteiger partial charge >= 0.3 is 0 Å². The maximum atomic E-state index is 4.50. The zero-order valence-corrected chi connectivity index (χ0v) is 13.2. The van der Waals surface area contributed by atoms with E-state index in [9.17, 15) is 0 Å². The van der Waals surface area contributed by atoms with Crippen LogP contribution in [0.3, 0.4) is 0 Å². The van der Waals surface area contributed by atoms with Crippen molar-refractivity contribution >= 4 is 27.0 Å². The highest BCUT2D eigenvalue weighted by Crippen LogP contribution is 2.25. The van der Waals surface area contributed by atoms with Crippen molar-refractivity contribution in [2.45, 2.75) is 25.4 Å². The Morgan fingerprint density at radius 1 is 1.19 bits per heavy atom. The molecule has 1 N–H and O–H groups in total. The zero-order chi connectivity index (χ0) is 14.2. The van der Waals surface area contributed by atoms with Crippen LogP contribution in [-0.2, 0) is 6.54 Å². The molecule has 106 valence electrons. The van der Waals surface area contributed by atoms with Gasteiger partial charge in [-0.15, -0.1) is 0 Å². The number of para-hydroxylation sites is 2. The van der Waals surface area contributed by atoms with Gasteiger partial charge in [-0.25, -0.2) is 4.98 Å². The van der Waals surface area contributed by atoms with Gasteiger partial charge in [-0.1, -0.05) is 28.1 Å². The first-order valence-corrected chi connectivity index (χ1v) is 8.05. The van der Waals surface area contributed by atoms with Gasteiger partial charge in [0.25, 0.3) is 0 Å². The van der Waals surface area contributed by atoms with E-state index in [0.717, 1.165) is 22.1 Å². The lowest BCUT2D eigenvalue weighted by molar-refractivity contribution is 0.685. The molecule has 3 aromatic rings. The van der Waals surface area contributed by atoms with E-state index in [1.807, 2.05) is 18.5 Å². The highest BCUT2D eigenvalue weighted by atomic mass is 79.9. The number of halogens is 1. The van der Waals surface area contributed by atoms with Crippen LogP contribution < -0.4 is 5.32 Å². The van der Waals surface area contributed by atoms with E-state index >= 15 is 0 Å². The van der Waals surface area contributed by atoms with Crippen LogP contribution in [0.25, 0.3) is 16.7 Å². The number of nitrogens with one attached hydrogen (secondary N) is 1. The Kier molecular flexibility index (Phi) is 3.28. The van der Waals surface area contributed by atoms with E-state index in [1.165, 1.54) is 24.1 Å². The average molecular weight is 342 g/mol. The highest BCUT2D eigenvalue weighted by molar-refractivity contribution is 9.10. The van der Waals surface area contributed by atoms with Gasteiger partial charge in [-0.2, -0.15) is 0 Å². The van der Waals surface area contributed by atoms with E-state index < -0.39 is 0 Å². The van der Waals surface area contributed by atoms with Gasteiger partial charge in [0.2, 0.25) is 0 Å². The fraction of sp³-hybridized carbons (Fsp3) is 0.235. The molecule has 0 spiro atoms. The van der Waals surface area contributed by atoms with Gasteiger partial charge < -0.3 is 5.32 Å². The van der Waals surface area contributed by atoms with Crippen LogP contribution in [0.2, 0.25) is 0 Å². The Hall–Kier alpha value is -1.65. The van der Waals surface area contributed by atoms with E-state index in [2.05, 4.69) is 61.1 Å². The predicted molar refractivity (Wildman–Crippen MR) is 88.6 cm³/mol. The summed E-state index contributed by atoms with van der Waals surface area (Å²) in [6.07, 6.45) is 4.52. The second-order valence-electron chi connectivity index (χ2n) is 5.53. The summed E-state index contributed by atoms with van der Waals surface area (Å²) in [5.41, 5.74) is 4.66. The van der Waals surface area contributed by atoms with E-state index in [4.69, 9.17) is 0 Å². The Bertz CT molecular complexity index is 790. The van der Waals surface area contributed by atoms with Gasteiger partial charge in [0.05, 0.1) is 16.7 Å². The van der Waals surface area contributed by atoms with Crippen LogP contribution in [0.5, 0.6) is 0 Å². The lowest BCUT2D eigenvalue weighted by Crippen LogP contribution is -2.16. The monoisotopic (exact) mass is 341 g/mol. The normalized spacial score (nSPS) is 14.7. The van der Waals surface area contributed by atoms with Gasteiger partial charge in [0, 0.05) is 17.1 Å². The summed E-state index contributed by atoms with van der Waals surface area (Å²) in [6, 6.07) is 15.4. The number of imidazole rings is 1. The highest BCUT2D eigenvalue weighted by Gasteiger charge is 2.20. The number of benzene rings is 2. The third-order valence-electron chi connectivity index (χ3n) is 3.91. The van der Waals surface area contributed by atoms with Gasteiger partial charge in [0.1, 0.15) is 6.33 Å². The molecule has 21 heavy (non-hydrogen) atoms. The standard InChI is InChI=1S/C17H16BrN3/c18-13-5-8-16(12(9-13)10-19-14-6-7-14)21-11-20-15-3-1-2-4-17(15)21/h1-5,8-9,11,14,19H,6-7,10H2. The first-order valence-electron chi connectivity index (χ1n) is 7.25. The summed E-state index contributed by atoms with van der Waals surface area (Å²) in [5.74, 6) is 0. The summed E-state index contributed by atoms with van der Waals surface area (Å²) in [4.78, 5) is 4.50. The quantitative estimate of drug-likeness (QED) is 0.776. The summed E-state index contributed by atoms with van der Waals surface area (Å²) < 4.78 is 3.29. The lowest BCUT2D eigenvalue weighted by atomic mass is 10.1. The topological polar surface area (TPSA) is 29.9 Å². The van der Waals surface area contributed by atoms with Crippen molar-refractivity contribution in [2.24, 2.45) is 0 Å². The molecule has 1 heterocycles. The molecular formula is C17H16BrN3. The minimum atomic E-state index is 0.705. The Labute approximate surface area is 132 Å². The Morgan fingerprint density at radius 3 is 2.90 bits per heavy atom. The molecule has 0 saturated heterocycles. The first-order chi connectivity index (χ1) is 10.3. The van der Waals surface area contributed by atoms with Crippen LogP contribution in [0.4, 0.5) is 0 Å². The molecule has 1 aliphatic carbocycles. The molecule has 2 aromatic carbocycles. The van der Waals surface area contributed by atoms with Crippen molar-refractivity contribution < 1.29 is 0 Å². The molecule has 1 fully saturated rings. The second-order valence-corrected chi connectivity index (χ2v) is 6.45. The molecule has 1 aromatic heterocycles. The van der Waals surface area contributed by atoms with Crippen molar-refractivity contribution in [1.82, 2.24) is 14.9 Å². The second kappa shape index (κ2) is 5.28. The molecule has 3 nitrogen and oxygen atoms in total. The van der Waals surface area contributed by atoms with Crippen LogP contribution >= 0.6 is 15.9 Å². The molecule has 4 rings (SSSR count). The van der Waals surface area contributed by atoms with E-state index in [1.54, 1.807) is 0 Å². The minimum Gasteiger partial charge on any atom is -0.310 e. The Balaban J connectivity index is 1.79. The van der Waals surface area contributed by atoms with Crippen molar-refractivity contribution in [3.63, 3.8) is 0 Å².